The third-order valence-electron chi connectivity index (χ3n) is 3.74. The molecule has 0 amide bonds. The Morgan fingerprint density at radius 3 is 3.21 bits per heavy atom. The molecule has 2 unspecified atom stereocenters. The zero-order valence-corrected chi connectivity index (χ0v) is 9.39. The van der Waals surface area contributed by atoms with Crippen molar-refractivity contribution in [2.45, 2.75) is 57.9 Å². The predicted molar refractivity (Wildman–Crippen MR) is 61.4 cm³/mol. The van der Waals surface area contributed by atoms with Crippen molar-refractivity contribution >= 4 is 0 Å². The van der Waals surface area contributed by atoms with Crippen LogP contribution in [0.3, 0.4) is 0 Å². The van der Waals surface area contributed by atoms with Crippen LogP contribution in [0.2, 0.25) is 0 Å². The van der Waals surface area contributed by atoms with Crippen LogP contribution in [0.15, 0.2) is 11.6 Å². The molecule has 80 valence electrons. The van der Waals surface area contributed by atoms with E-state index in [-0.39, 0.29) is 0 Å². The Labute approximate surface area is 88.0 Å². The number of piperidine rings is 1. The summed E-state index contributed by atoms with van der Waals surface area (Å²) in [6.07, 6.45) is 12.2. The normalized spacial score (nSPS) is 32.2. The molecular formula is C13H23N. The van der Waals surface area contributed by atoms with Crippen LogP contribution < -0.4 is 5.32 Å². The highest BCUT2D eigenvalue weighted by atomic mass is 14.9. The maximum absolute atomic E-state index is 3.68. The first kappa shape index (κ1) is 10.2. The van der Waals surface area contributed by atoms with Gasteiger partial charge in [0.25, 0.3) is 0 Å². The van der Waals surface area contributed by atoms with Crippen molar-refractivity contribution in [2.75, 3.05) is 6.54 Å². The zero-order chi connectivity index (χ0) is 9.80. The predicted octanol–water partition coefficient (Wildman–Crippen LogP) is 3.27. The Morgan fingerprint density at radius 2 is 2.36 bits per heavy atom. The molecule has 1 heterocycles. The summed E-state index contributed by atoms with van der Waals surface area (Å²) in [6, 6.07) is 0.731. The Hall–Kier alpha value is -0.300. The van der Waals surface area contributed by atoms with Gasteiger partial charge >= 0.3 is 0 Å². The molecule has 1 N–H and O–H groups in total. The van der Waals surface area contributed by atoms with Gasteiger partial charge < -0.3 is 5.32 Å². The van der Waals surface area contributed by atoms with Crippen molar-refractivity contribution in [3.63, 3.8) is 0 Å². The first-order valence-electron chi connectivity index (χ1n) is 6.35. The summed E-state index contributed by atoms with van der Waals surface area (Å²) in [6.45, 7) is 3.53. The summed E-state index contributed by atoms with van der Waals surface area (Å²) in [5.74, 6) is 0.937. The fourth-order valence-corrected chi connectivity index (χ4v) is 2.93. The lowest BCUT2D eigenvalue weighted by Gasteiger charge is -2.36. The molecular weight excluding hydrogens is 170 g/mol. The minimum absolute atomic E-state index is 0.731. The molecule has 2 aliphatic rings. The largest absolute Gasteiger partial charge is 0.310 e. The number of unbranched alkanes of at least 4 members (excludes halogenated alkanes) is 1. The van der Waals surface area contributed by atoms with Crippen LogP contribution >= 0.6 is 0 Å². The SMILES string of the molecule is CCCCC1NCCC2CCCC=C21. The monoisotopic (exact) mass is 193 g/mol. The molecule has 0 spiro atoms. The van der Waals surface area contributed by atoms with Crippen molar-refractivity contribution in [1.29, 1.82) is 0 Å². The Morgan fingerprint density at radius 1 is 1.43 bits per heavy atom. The van der Waals surface area contributed by atoms with E-state index in [9.17, 15) is 0 Å². The molecule has 1 saturated heterocycles. The topological polar surface area (TPSA) is 12.0 Å². The summed E-state index contributed by atoms with van der Waals surface area (Å²) in [4.78, 5) is 0. The summed E-state index contributed by atoms with van der Waals surface area (Å²) >= 11 is 0. The fraction of sp³-hybridized carbons (Fsp3) is 0.846. The van der Waals surface area contributed by atoms with Crippen molar-refractivity contribution in [2.24, 2.45) is 5.92 Å². The van der Waals surface area contributed by atoms with Gasteiger partial charge in [0, 0.05) is 6.04 Å². The van der Waals surface area contributed by atoms with Crippen molar-refractivity contribution in [1.82, 2.24) is 5.32 Å². The summed E-state index contributed by atoms with van der Waals surface area (Å²) in [5, 5.41) is 3.68. The van der Waals surface area contributed by atoms with E-state index in [1.807, 2.05) is 0 Å². The molecule has 0 saturated carbocycles. The van der Waals surface area contributed by atoms with Crippen LogP contribution in [-0.4, -0.2) is 12.6 Å². The average Bonchev–Trinajstić information content (AvgIpc) is 2.26. The highest BCUT2D eigenvalue weighted by molar-refractivity contribution is 5.19. The van der Waals surface area contributed by atoms with Gasteiger partial charge in [-0.15, -0.1) is 0 Å². The molecule has 1 heteroatoms. The van der Waals surface area contributed by atoms with Crippen LogP contribution in [0, 0.1) is 5.92 Å². The second-order valence-corrected chi connectivity index (χ2v) is 4.77. The van der Waals surface area contributed by atoms with E-state index in [0.717, 1.165) is 12.0 Å². The fourth-order valence-electron chi connectivity index (χ4n) is 2.93. The van der Waals surface area contributed by atoms with Gasteiger partial charge in [-0.2, -0.15) is 0 Å². The first-order valence-corrected chi connectivity index (χ1v) is 6.35. The van der Waals surface area contributed by atoms with Gasteiger partial charge in [0.1, 0.15) is 0 Å². The number of fused-ring (bicyclic) bond motifs is 1. The van der Waals surface area contributed by atoms with E-state index >= 15 is 0 Å². The van der Waals surface area contributed by atoms with E-state index in [2.05, 4.69) is 18.3 Å². The van der Waals surface area contributed by atoms with Crippen LogP contribution in [-0.2, 0) is 0 Å². The molecule has 2 rings (SSSR count). The van der Waals surface area contributed by atoms with Crippen molar-refractivity contribution in [3.8, 4) is 0 Å². The lowest BCUT2D eigenvalue weighted by molar-refractivity contribution is 0.346. The van der Waals surface area contributed by atoms with Gasteiger partial charge in [0.15, 0.2) is 0 Å². The minimum Gasteiger partial charge on any atom is -0.310 e. The first-order chi connectivity index (χ1) is 6.92. The van der Waals surface area contributed by atoms with E-state index in [1.165, 1.54) is 51.5 Å². The Bertz CT molecular complexity index is 207. The third-order valence-corrected chi connectivity index (χ3v) is 3.74. The van der Waals surface area contributed by atoms with Gasteiger partial charge in [0.2, 0.25) is 0 Å². The van der Waals surface area contributed by atoms with Crippen LogP contribution in [0.4, 0.5) is 0 Å². The molecule has 0 bridgehead atoms. The van der Waals surface area contributed by atoms with Gasteiger partial charge in [-0.3, -0.25) is 0 Å². The maximum Gasteiger partial charge on any atom is 0.0282 e. The van der Waals surface area contributed by atoms with Crippen LogP contribution in [0.1, 0.15) is 51.9 Å². The van der Waals surface area contributed by atoms with Crippen LogP contribution in [0.25, 0.3) is 0 Å². The zero-order valence-electron chi connectivity index (χ0n) is 9.39. The number of nitrogens with one attached hydrogen (secondary N) is 1. The number of allylic oxidation sites excluding steroid dienone is 1. The highest BCUT2D eigenvalue weighted by Gasteiger charge is 2.27. The molecule has 0 aromatic heterocycles. The van der Waals surface area contributed by atoms with E-state index in [1.54, 1.807) is 5.57 Å². The van der Waals surface area contributed by atoms with E-state index in [0.29, 0.717) is 0 Å². The summed E-state index contributed by atoms with van der Waals surface area (Å²) < 4.78 is 0. The molecule has 1 fully saturated rings. The number of rotatable bonds is 3. The summed E-state index contributed by atoms with van der Waals surface area (Å²) in [5.41, 5.74) is 1.76. The number of hydrogen-bond acceptors (Lipinski definition) is 1. The van der Waals surface area contributed by atoms with Crippen molar-refractivity contribution in [3.05, 3.63) is 11.6 Å². The Kier molecular flexibility index (Phi) is 3.63. The van der Waals surface area contributed by atoms with Crippen LogP contribution in [0.5, 0.6) is 0 Å². The smallest absolute Gasteiger partial charge is 0.0282 e. The molecule has 0 aromatic rings. The second kappa shape index (κ2) is 4.97. The minimum atomic E-state index is 0.731. The average molecular weight is 193 g/mol. The third kappa shape index (κ3) is 2.20. The standard InChI is InChI=1S/C13H23N/c1-2-3-8-13-12-7-5-4-6-11(12)9-10-14-13/h7,11,13-14H,2-6,8-10H2,1H3. The maximum atomic E-state index is 3.68. The molecule has 2 atom stereocenters. The van der Waals surface area contributed by atoms with E-state index < -0.39 is 0 Å². The lowest BCUT2D eigenvalue weighted by atomic mass is 9.78. The van der Waals surface area contributed by atoms with Crippen molar-refractivity contribution < 1.29 is 0 Å². The quantitative estimate of drug-likeness (QED) is 0.678. The molecule has 1 nitrogen and oxygen atoms in total. The molecule has 0 aromatic carbocycles. The van der Waals surface area contributed by atoms with Gasteiger partial charge in [-0.1, -0.05) is 31.4 Å². The number of hydrogen-bond donors (Lipinski definition) is 1. The summed E-state index contributed by atoms with van der Waals surface area (Å²) in [7, 11) is 0. The molecule has 1 aliphatic carbocycles. The molecule has 0 radical (unpaired) electrons. The van der Waals surface area contributed by atoms with Gasteiger partial charge in [-0.05, 0) is 44.6 Å². The second-order valence-electron chi connectivity index (χ2n) is 4.77. The van der Waals surface area contributed by atoms with Gasteiger partial charge in [0.05, 0.1) is 0 Å². The van der Waals surface area contributed by atoms with E-state index in [4.69, 9.17) is 0 Å². The lowest BCUT2D eigenvalue weighted by Crippen LogP contribution is -2.41. The highest BCUT2D eigenvalue weighted by Crippen LogP contribution is 2.33. The molecule has 1 aliphatic heterocycles. The Balaban J connectivity index is 1.97. The van der Waals surface area contributed by atoms with Gasteiger partial charge in [-0.25, -0.2) is 0 Å². The molecule has 14 heavy (non-hydrogen) atoms.